The van der Waals surface area contributed by atoms with E-state index >= 15 is 0 Å². The molecule has 1 heterocycles. The van der Waals surface area contributed by atoms with E-state index in [-0.39, 0.29) is 5.91 Å². The van der Waals surface area contributed by atoms with Crippen molar-refractivity contribution in [3.8, 4) is 10.4 Å². The van der Waals surface area contributed by atoms with E-state index in [1.54, 1.807) is 30.3 Å². The molecule has 0 spiro atoms. The molecule has 1 aromatic carbocycles. The van der Waals surface area contributed by atoms with Crippen LogP contribution in [-0.4, -0.2) is 35.4 Å². The van der Waals surface area contributed by atoms with Gasteiger partial charge in [0.25, 0.3) is 0 Å². The Morgan fingerprint density at radius 2 is 1.91 bits per heavy atom. The monoisotopic (exact) mass is 317 g/mol. The van der Waals surface area contributed by atoms with Crippen molar-refractivity contribution in [1.82, 2.24) is 15.2 Å². The fourth-order valence-corrected chi connectivity index (χ4v) is 3.12. The first-order chi connectivity index (χ1) is 10.3. The summed E-state index contributed by atoms with van der Waals surface area (Å²) in [5.74, 6) is 0.0735. The first kappa shape index (κ1) is 16.6. The average Bonchev–Trinajstić information content (AvgIpc) is 2.91. The Hall–Kier alpha value is -1.72. The van der Waals surface area contributed by atoms with Crippen LogP contribution in [0.5, 0.6) is 0 Å². The van der Waals surface area contributed by atoms with Crippen LogP contribution in [0.15, 0.2) is 29.8 Å². The minimum atomic E-state index is -0.573. The number of carbonyl (C=O) groups is 1. The zero-order chi connectivity index (χ0) is 16.3. The van der Waals surface area contributed by atoms with Gasteiger partial charge >= 0.3 is 0 Å². The van der Waals surface area contributed by atoms with E-state index in [9.17, 15) is 4.79 Å². The number of benzene rings is 1. The van der Waals surface area contributed by atoms with E-state index in [1.165, 1.54) is 10.4 Å². The van der Waals surface area contributed by atoms with E-state index in [1.807, 2.05) is 26.3 Å². The van der Waals surface area contributed by atoms with Crippen LogP contribution >= 0.6 is 11.3 Å². The highest BCUT2D eigenvalue weighted by atomic mass is 32.1. The summed E-state index contributed by atoms with van der Waals surface area (Å²) in [6, 6.07) is 8.41. The van der Waals surface area contributed by atoms with Gasteiger partial charge < -0.3 is 4.90 Å². The standard InChI is InChI=1S/C17H23N3OS/c1-12-15(22-11-18-12)14-8-6-13(7-9-14)10-19-17(2,3)16(21)20(4)5/h6-9,11,19H,10H2,1-5H3. The second kappa shape index (κ2) is 6.58. The number of thiazole rings is 1. The zero-order valence-corrected chi connectivity index (χ0v) is 14.6. The summed E-state index contributed by atoms with van der Waals surface area (Å²) in [7, 11) is 3.55. The van der Waals surface area contributed by atoms with Gasteiger partial charge in [-0.15, -0.1) is 11.3 Å². The number of nitrogens with zero attached hydrogens (tertiary/aromatic N) is 2. The molecule has 2 aromatic rings. The Labute approximate surface area is 136 Å². The Balaban J connectivity index is 2.03. The molecule has 0 aliphatic heterocycles. The van der Waals surface area contributed by atoms with Crippen molar-refractivity contribution in [2.24, 2.45) is 0 Å². The molecular weight excluding hydrogens is 294 g/mol. The molecule has 0 saturated carbocycles. The molecule has 0 atom stereocenters. The summed E-state index contributed by atoms with van der Waals surface area (Å²) < 4.78 is 0. The number of rotatable bonds is 5. The molecule has 0 aliphatic carbocycles. The Morgan fingerprint density at radius 3 is 2.41 bits per heavy atom. The average molecular weight is 317 g/mol. The molecule has 4 nitrogen and oxygen atoms in total. The summed E-state index contributed by atoms with van der Waals surface area (Å²) in [4.78, 5) is 19.2. The van der Waals surface area contributed by atoms with Gasteiger partial charge in [-0.1, -0.05) is 24.3 Å². The molecule has 0 aliphatic rings. The van der Waals surface area contributed by atoms with Gasteiger partial charge in [0.05, 0.1) is 21.6 Å². The Kier molecular flexibility index (Phi) is 4.98. The molecule has 22 heavy (non-hydrogen) atoms. The van der Waals surface area contributed by atoms with Crippen molar-refractivity contribution >= 4 is 17.2 Å². The third kappa shape index (κ3) is 3.72. The van der Waals surface area contributed by atoms with Crippen LogP contribution in [0.2, 0.25) is 0 Å². The van der Waals surface area contributed by atoms with Crippen LogP contribution in [0.25, 0.3) is 10.4 Å². The van der Waals surface area contributed by atoms with E-state index in [0.29, 0.717) is 6.54 Å². The van der Waals surface area contributed by atoms with Crippen LogP contribution < -0.4 is 5.32 Å². The first-order valence-electron chi connectivity index (χ1n) is 7.27. The highest BCUT2D eigenvalue weighted by molar-refractivity contribution is 7.13. The summed E-state index contributed by atoms with van der Waals surface area (Å²) >= 11 is 1.66. The maximum absolute atomic E-state index is 12.1. The van der Waals surface area contributed by atoms with Gasteiger partial charge in [-0.25, -0.2) is 4.98 Å². The molecule has 0 unspecified atom stereocenters. The van der Waals surface area contributed by atoms with Crippen LogP contribution in [0, 0.1) is 6.92 Å². The second-order valence-electron chi connectivity index (χ2n) is 6.14. The van der Waals surface area contributed by atoms with E-state index in [2.05, 4.69) is 34.6 Å². The van der Waals surface area contributed by atoms with Gasteiger partial charge in [0.1, 0.15) is 0 Å². The quantitative estimate of drug-likeness (QED) is 0.922. The van der Waals surface area contributed by atoms with Gasteiger partial charge in [-0.3, -0.25) is 10.1 Å². The predicted octanol–water partition coefficient (Wildman–Crippen LogP) is 3.07. The minimum absolute atomic E-state index is 0.0735. The lowest BCUT2D eigenvalue weighted by Gasteiger charge is -2.28. The van der Waals surface area contributed by atoms with Crippen molar-refractivity contribution in [2.45, 2.75) is 32.9 Å². The number of aryl methyl sites for hydroxylation is 1. The number of hydrogen-bond donors (Lipinski definition) is 1. The van der Waals surface area contributed by atoms with Gasteiger partial charge in [-0.2, -0.15) is 0 Å². The van der Waals surface area contributed by atoms with Crippen molar-refractivity contribution in [2.75, 3.05) is 14.1 Å². The molecule has 0 fully saturated rings. The molecule has 5 heteroatoms. The molecule has 118 valence electrons. The highest BCUT2D eigenvalue weighted by Gasteiger charge is 2.28. The normalized spacial score (nSPS) is 11.5. The van der Waals surface area contributed by atoms with Crippen LogP contribution in [0.3, 0.4) is 0 Å². The van der Waals surface area contributed by atoms with E-state index in [0.717, 1.165) is 11.3 Å². The van der Waals surface area contributed by atoms with Crippen molar-refractivity contribution in [1.29, 1.82) is 0 Å². The Bertz CT molecular complexity index is 644. The number of amides is 1. The highest BCUT2D eigenvalue weighted by Crippen LogP contribution is 2.27. The topological polar surface area (TPSA) is 45.2 Å². The lowest BCUT2D eigenvalue weighted by atomic mass is 10.0. The maximum atomic E-state index is 12.1. The van der Waals surface area contributed by atoms with Crippen molar-refractivity contribution in [3.63, 3.8) is 0 Å². The third-order valence-electron chi connectivity index (χ3n) is 3.64. The molecule has 0 radical (unpaired) electrons. The van der Waals surface area contributed by atoms with Crippen LogP contribution in [0.1, 0.15) is 25.1 Å². The van der Waals surface area contributed by atoms with Gasteiger partial charge in [0.15, 0.2) is 0 Å². The van der Waals surface area contributed by atoms with Crippen LogP contribution in [0.4, 0.5) is 0 Å². The largest absolute Gasteiger partial charge is 0.347 e. The number of carbonyl (C=O) groups excluding carboxylic acids is 1. The molecule has 1 N–H and O–H groups in total. The minimum Gasteiger partial charge on any atom is -0.347 e. The predicted molar refractivity (Wildman–Crippen MR) is 91.9 cm³/mol. The lowest BCUT2D eigenvalue weighted by molar-refractivity contribution is -0.134. The summed E-state index contributed by atoms with van der Waals surface area (Å²) in [5.41, 5.74) is 4.71. The first-order valence-corrected chi connectivity index (χ1v) is 8.15. The number of likely N-dealkylation sites (N-methyl/N-ethyl adjacent to an activating group) is 1. The third-order valence-corrected chi connectivity index (χ3v) is 4.61. The van der Waals surface area contributed by atoms with Crippen molar-refractivity contribution in [3.05, 3.63) is 41.0 Å². The van der Waals surface area contributed by atoms with Gasteiger partial charge in [0, 0.05) is 20.6 Å². The maximum Gasteiger partial charge on any atom is 0.241 e. The summed E-state index contributed by atoms with van der Waals surface area (Å²) in [5, 5.41) is 3.32. The smallest absolute Gasteiger partial charge is 0.241 e. The SMILES string of the molecule is Cc1ncsc1-c1ccc(CNC(C)(C)C(=O)N(C)C)cc1. The zero-order valence-electron chi connectivity index (χ0n) is 13.8. The molecule has 1 amide bonds. The second-order valence-corrected chi connectivity index (χ2v) is 7.00. The van der Waals surface area contributed by atoms with E-state index in [4.69, 9.17) is 0 Å². The number of hydrogen-bond acceptors (Lipinski definition) is 4. The number of aromatic nitrogens is 1. The molecule has 1 aromatic heterocycles. The molecular formula is C17H23N3OS. The summed E-state index contributed by atoms with van der Waals surface area (Å²) in [6.07, 6.45) is 0. The molecule has 2 rings (SSSR count). The van der Waals surface area contributed by atoms with E-state index < -0.39 is 5.54 Å². The Morgan fingerprint density at radius 1 is 1.27 bits per heavy atom. The fraction of sp³-hybridized carbons (Fsp3) is 0.412. The van der Waals surface area contributed by atoms with Gasteiger partial charge in [-0.05, 0) is 31.9 Å². The lowest BCUT2D eigenvalue weighted by Crippen LogP contribution is -2.51. The van der Waals surface area contributed by atoms with Crippen molar-refractivity contribution < 1.29 is 4.79 Å². The molecule has 0 bridgehead atoms. The fourth-order valence-electron chi connectivity index (χ4n) is 2.31. The van der Waals surface area contributed by atoms with Gasteiger partial charge in [0.2, 0.25) is 5.91 Å². The summed E-state index contributed by atoms with van der Waals surface area (Å²) in [6.45, 7) is 6.50. The van der Waals surface area contributed by atoms with Crippen LogP contribution in [-0.2, 0) is 11.3 Å². The molecule has 0 saturated heterocycles. The number of nitrogens with one attached hydrogen (secondary N) is 1.